The van der Waals surface area contributed by atoms with Gasteiger partial charge in [0.05, 0.1) is 19.8 Å². The molecule has 2 aliphatic rings. The van der Waals surface area contributed by atoms with E-state index in [-0.39, 0.29) is 6.03 Å². The Kier molecular flexibility index (Phi) is 4.36. The SMILES string of the molecule is Cc1nc(CNC(=O)Nc2ccc3c(c2)COC3)nc2c1CCCC2. The number of anilines is 1. The average Bonchev–Trinajstić information content (AvgIpc) is 3.08. The van der Waals surface area contributed by atoms with Gasteiger partial charge < -0.3 is 15.4 Å². The fraction of sp³-hybridized carbons (Fsp3) is 0.421. The molecule has 0 radical (unpaired) electrons. The minimum Gasteiger partial charge on any atom is -0.372 e. The molecule has 2 aromatic rings. The summed E-state index contributed by atoms with van der Waals surface area (Å²) < 4.78 is 5.39. The van der Waals surface area contributed by atoms with E-state index in [9.17, 15) is 4.79 Å². The zero-order valence-corrected chi connectivity index (χ0v) is 14.4. The third-order valence-corrected chi connectivity index (χ3v) is 4.82. The first-order chi connectivity index (χ1) is 12.2. The van der Waals surface area contributed by atoms with Crippen molar-refractivity contribution in [2.24, 2.45) is 0 Å². The Morgan fingerprint density at radius 3 is 2.92 bits per heavy atom. The number of ether oxygens (including phenoxy) is 1. The minimum atomic E-state index is -0.252. The Hall–Kier alpha value is -2.47. The number of carbonyl (C=O) groups is 1. The quantitative estimate of drug-likeness (QED) is 0.902. The number of fused-ring (bicyclic) bond motifs is 2. The molecule has 0 fully saturated rings. The molecular formula is C19H22N4O2. The van der Waals surface area contributed by atoms with Gasteiger partial charge in [-0.1, -0.05) is 6.07 Å². The molecule has 1 aliphatic heterocycles. The van der Waals surface area contributed by atoms with Crippen LogP contribution in [0.15, 0.2) is 18.2 Å². The highest BCUT2D eigenvalue weighted by molar-refractivity contribution is 5.89. The lowest BCUT2D eigenvalue weighted by atomic mass is 9.95. The van der Waals surface area contributed by atoms with E-state index in [0.29, 0.717) is 25.6 Å². The standard InChI is InChI=1S/C19H22N4O2/c1-12-16-4-2-3-5-17(16)23-18(21-12)9-20-19(24)22-15-7-6-13-10-25-11-14(13)8-15/h6-8H,2-5,9-11H2,1H3,(H2,20,22,24). The molecule has 1 aliphatic carbocycles. The predicted octanol–water partition coefficient (Wildman–Crippen LogP) is 3.02. The fourth-order valence-corrected chi connectivity index (χ4v) is 3.51. The molecule has 2 heterocycles. The van der Waals surface area contributed by atoms with Gasteiger partial charge in [-0.05, 0) is 61.4 Å². The van der Waals surface area contributed by atoms with Crippen molar-refractivity contribution in [3.8, 4) is 0 Å². The highest BCUT2D eigenvalue weighted by Crippen LogP contribution is 2.23. The lowest BCUT2D eigenvalue weighted by molar-refractivity contribution is 0.134. The summed E-state index contributed by atoms with van der Waals surface area (Å²) >= 11 is 0. The number of carbonyl (C=O) groups excluding carboxylic acids is 1. The Bertz CT molecular complexity index is 819. The molecule has 0 spiro atoms. The Morgan fingerprint density at radius 2 is 2.00 bits per heavy atom. The number of hydrogen-bond acceptors (Lipinski definition) is 4. The zero-order chi connectivity index (χ0) is 17.2. The van der Waals surface area contributed by atoms with Gasteiger partial charge in [-0.15, -0.1) is 0 Å². The lowest BCUT2D eigenvalue weighted by Crippen LogP contribution is -2.29. The molecule has 25 heavy (non-hydrogen) atoms. The van der Waals surface area contributed by atoms with E-state index in [1.807, 2.05) is 25.1 Å². The molecule has 0 saturated carbocycles. The monoisotopic (exact) mass is 338 g/mol. The van der Waals surface area contributed by atoms with Crippen molar-refractivity contribution in [2.45, 2.75) is 52.4 Å². The largest absolute Gasteiger partial charge is 0.372 e. The van der Waals surface area contributed by atoms with E-state index in [1.165, 1.54) is 24.0 Å². The summed E-state index contributed by atoms with van der Waals surface area (Å²) in [5.41, 5.74) is 6.56. The van der Waals surface area contributed by atoms with Gasteiger partial charge in [0, 0.05) is 17.1 Å². The third-order valence-electron chi connectivity index (χ3n) is 4.82. The first kappa shape index (κ1) is 16.0. The second-order valence-electron chi connectivity index (χ2n) is 6.64. The van der Waals surface area contributed by atoms with Gasteiger partial charge >= 0.3 is 6.03 Å². The highest BCUT2D eigenvalue weighted by Gasteiger charge is 2.16. The summed E-state index contributed by atoms with van der Waals surface area (Å²) in [7, 11) is 0. The molecule has 0 bridgehead atoms. The van der Waals surface area contributed by atoms with Crippen LogP contribution in [-0.4, -0.2) is 16.0 Å². The van der Waals surface area contributed by atoms with Crippen LogP contribution in [0.1, 0.15) is 46.7 Å². The number of rotatable bonds is 3. The Labute approximate surface area is 147 Å². The zero-order valence-electron chi connectivity index (χ0n) is 14.4. The van der Waals surface area contributed by atoms with Gasteiger partial charge in [0.2, 0.25) is 0 Å². The van der Waals surface area contributed by atoms with Gasteiger partial charge in [0.1, 0.15) is 5.82 Å². The summed E-state index contributed by atoms with van der Waals surface area (Å²) in [5, 5.41) is 5.70. The summed E-state index contributed by atoms with van der Waals surface area (Å²) in [6.45, 7) is 3.61. The summed E-state index contributed by atoms with van der Waals surface area (Å²) in [6.07, 6.45) is 4.47. The second-order valence-corrected chi connectivity index (χ2v) is 6.64. The fourth-order valence-electron chi connectivity index (χ4n) is 3.51. The Balaban J connectivity index is 1.38. The van der Waals surface area contributed by atoms with Crippen LogP contribution in [0.25, 0.3) is 0 Å². The molecule has 0 saturated heterocycles. The average molecular weight is 338 g/mol. The number of aromatic nitrogens is 2. The molecule has 1 aromatic carbocycles. The van der Waals surface area contributed by atoms with Crippen LogP contribution >= 0.6 is 0 Å². The third kappa shape index (κ3) is 3.49. The summed E-state index contributed by atoms with van der Waals surface area (Å²) in [5.74, 6) is 0.677. The molecule has 6 nitrogen and oxygen atoms in total. The number of amides is 2. The van der Waals surface area contributed by atoms with Crippen molar-refractivity contribution in [2.75, 3.05) is 5.32 Å². The van der Waals surface area contributed by atoms with Gasteiger partial charge in [-0.2, -0.15) is 0 Å². The number of nitrogens with zero attached hydrogens (tertiary/aromatic N) is 2. The topological polar surface area (TPSA) is 76.1 Å². The maximum absolute atomic E-state index is 12.2. The van der Waals surface area contributed by atoms with E-state index in [0.717, 1.165) is 35.5 Å². The normalized spacial score (nSPS) is 15.4. The smallest absolute Gasteiger partial charge is 0.319 e. The van der Waals surface area contributed by atoms with Crippen LogP contribution in [0.5, 0.6) is 0 Å². The molecule has 6 heteroatoms. The van der Waals surface area contributed by atoms with Gasteiger partial charge in [0.25, 0.3) is 0 Å². The number of urea groups is 1. The van der Waals surface area contributed by atoms with E-state index < -0.39 is 0 Å². The number of hydrogen-bond donors (Lipinski definition) is 2. The molecular weight excluding hydrogens is 316 g/mol. The van der Waals surface area contributed by atoms with Crippen LogP contribution < -0.4 is 10.6 Å². The van der Waals surface area contributed by atoms with E-state index in [4.69, 9.17) is 4.74 Å². The van der Waals surface area contributed by atoms with Crippen LogP contribution in [-0.2, 0) is 37.3 Å². The molecule has 4 rings (SSSR count). The first-order valence-corrected chi connectivity index (χ1v) is 8.79. The Morgan fingerprint density at radius 1 is 1.16 bits per heavy atom. The predicted molar refractivity (Wildman–Crippen MR) is 94.2 cm³/mol. The maximum Gasteiger partial charge on any atom is 0.319 e. The van der Waals surface area contributed by atoms with Crippen LogP contribution in [0, 0.1) is 6.92 Å². The van der Waals surface area contributed by atoms with Crippen molar-refractivity contribution in [1.29, 1.82) is 0 Å². The molecule has 130 valence electrons. The maximum atomic E-state index is 12.2. The highest BCUT2D eigenvalue weighted by atomic mass is 16.5. The lowest BCUT2D eigenvalue weighted by Gasteiger charge is -2.17. The van der Waals surface area contributed by atoms with E-state index in [2.05, 4.69) is 20.6 Å². The summed E-state index contributed by atoms with van der Waals surface area (Å²) in [6, 6.07) is 5.60. The van der Waals surface area contributed by atoms with Crippen molar-refractivity contribution in [3.63, 3.8) is 0 Å². The van der Waals surface area contributed by atoms with Crippen LogP contribution in [0.2, 0.25) is 0 Å². The van der Waals surface area contributed by atoms with Crippen LogP contribution in [0.3, 0.4) is 0 Å². The van der Waals surface area contributed by atoms with Gasteiger partial charge in [-0.3, -0.25) is 0 Å². The first-order valence-electron chi connectivity index (χ1n) is 8.79. The second kappa shape index (κ2) is 6.80. The number of aryl methyl sites for hydroxylation is 2. The molecule has 0 atom stereocenters. The molecule has 1 aromatic heterocycles. The van der Waals surface area contributed by atoms with Crippen molar-refractivity contribution in [1.82, 2.24) is 15.3 Å². The van der Waals surface area contributed by atoms with Crippen LogP contribution in [0.4, 0.5) is 10.5 Å². The molecule has 2 amide bonds. The summed E-state index contributed by atoms with van der Waals surface area (Å²) in [4.78, 5) is 21.3. The molecule has 0 unspecified atom stereocenters. The van der Waals surface area contributed by atoms with Gasteiger partial charge in [-0.25, -0.2) is 14.8 Å². The van der Waals surface area contributed by atoms with Crippen molar-refractivity contribution >= 4 is 11.7 Å². The number of nitrogens with one attached hydrogen (secondary N) is 2. The minimum absolute atomic E-state index is 0.252. The van der Waals surface area contributed by atoms with E-state index in [1.54, 1.807) is 0 Å². The van der Waals surface area contributed by atoms with E-state index >= 15 is 0 Å². The van der Waals surface area contributed by atoms with Crippen molar-refractivity contribution in [3.05, 3.63) is 52.1 Å². The van der Waals surface area contributed by atoms with Crippen molar-refractivity contribution < 1.29 is 9.53 Å². The molecule has 2 N–H and O–H groups in total. The number of benzene rings is 1. The van der Waals surface area contributed by atoms with Gasteiger partial charge in [0.15, 0.2) is 0 Å².